The van der Waals surface area contributed by atoms with Crippen molar-refractivity contribution in [3.8, 4) is 0 Å². The van der Waals surface area contributed by atoms with Gasteiger partial charge in [0.15, 0.2) is 0 Å². The van der Waals surface area contributed by atoms with E-state index in [1.54, 1.807) is 0 Å². The summed E-state index contributed by atoms with van der Waals surface area (Å²) in [5.74, 6) is 0.704. The van der Waals surface area contributed by atoms with Crippen molar-refractivity contribution >= 4 is 10.0 Å². The van der Waals surface area contributed by atoms with Crippen LogP contribution < -0.4 is 10.5 Å². The molecule has 114 valence electrons. The van der Waals surface area contributed by atoms with Crippen LogP contribution in [-0.2, 0) is 22.3 Å². The minimum Gasteiger partial charge on any atom is -0.326 e. The lowest BCUT2D eigenvalue weighted by atomic mass is 10.1. The molecule has 20 heavy (non-hydrogen) atoms. The molecule has 4 nitrogen and oxygen atoms in total. The van der Waals surface area contributed by atoms with Crippen molar-refractivity contribution in [2.45, 2.75) is 45.4 Å². The predicted octanol–water partition coefficient (Wildman–Crippen LogP) is 2.39. The van der Waals surface area contributed by atoms with Gasteiger partial charge in [0.05, 0.1) is 5.75 Å². The van der Waals surface area contributed by atoms with Gasteiger partial charge in [-0.25, -0.2) is 13.1 Å². The van der Waals surface area contributed by atoms with Gasteiger partial charge in [-0.1, -0.05) is 51.0 Å². The van der Waals surface area contributed by atoms with Gasteiger partial charge in [0.1, 0.15) is 0 Å². The Balaban J connectivity index is 2.36. The maximum atomic E-state index is 11.9. The first kappa shape index (κ1) is 17.1. The van der Waals surface area contributed by atoms with Crippen LogP contribution in [0.15, 0.2) is 24.3 Å². The zero-order valence-electron chi connectivity index (χ0n) is 12.4. The summed E-state index contributed by atoms with van der Waals surface area (Å²) >= 11 is 0. The Morgan fingerprint density at radius 2 is 1.70 bits per heavy atom. The van der Waals surface area contributed by atoms with Gasteiger partial charge in [0, 0.05) is 13.1 Å². The summed E-state index contributed by atoms with van der Waals surface area (Å²) in [6.07, 6.45) is 3.09. The topological polar surface area (TPSA) is 72.2 Å². The maximum absolute atomic E-state index is 11.9. The molecular weight excluding hydrogens is 272 g/mol. The summed E-state index contributed by atoms with van der Waals surface area (Å²) in [7, 11) is -3.24. The summed E-state index contributed by atoms with van der Waals surface area (Å²) in [5, 5.41) is 0. The number of unbranched alkanes of at least 4 members (excludes halogenated alkanes) is 1. The van der Waals surface area contributed by atoms with Crippen LogP contribution in [-0.4, -0.2) is 15.0 Å². The van der Waals surface area contributed by atoms with Crippen LogP contribution in [0.2, 0.25) is 0 Å². The third-order valence-electron chi connectivity index (χ3n) is 3.15. The van der Waals surface area contributed by atoms with E-state index in [1.807, 2.05) is 24.3 Å². The first-order valence-corrected chi connectivity index (χ1v) is 8.83. The summed E-state index contributed by atoms with van der Waals surface area (Å²) in [4.78, 5) is 0. The lowest BCUT2D eigenvalue weighted by Gasteiger charge is -2.08. The SMILES string of the molecule is CC(C)CCCCNS(=O)(=O)Cc1ccc(CN)cc1. The molecule has 0 bridgehead atoms. The number of benzene rings is 1. The highest BCUT2D eigenvalue weighted by Crippen LogP contribution is 2.08. The van der Waals surface area contributed by atoms with E-state index in [-0.39, 0.29) is 5.75 Å². The van der Waals surface area contributed by atoms with E-state index in [2.05, 4.69) is 18.6 Å². The molecule has 0 aromatic heterocycles. The van der Waals surface area contributed by atoms with Crippen molar-refractivity contribution in [1.29, 1.82) is 0 Å². The van der Waals surface area contributed by atoms with Crippen LogP contribution in [0.3, 0.4) is 0 Å². The van der Waals surface area contributed by atoms with Crippen molar-refractivity contribution in [1.82, 2.24) is 4.72 Å². The number of nitrogens with two attached hydrogens (primary N) is 1. The monoisotopic (exact) mass is 298 g/mol. The lowest BCUT2D eigenvalue weighted by molar-refractivity contribution is 0.530. The molecule has 1 rings (SSSR count). The number of hydrogen-bond acceptors (Lipinski definition) is 3. The highest BCUT2D eigenvalue weighted by Gasteiger charge is 2.10. The number of rotatable bonds is 9. The van der Waals surface area contributed by atoms with Gasteiger partial charge in [-0.15, -0.1) is 0 Å². The molecule has 0 saturated carbocycles. The molecule has 0 aliphatic rings. The molecule has 3 N–H and O–H groups in total. The largest absolute Gasteiger partial charge is 0.326 e. The van der Waals surface area contributed by atoms with E-state index >= 15 is 0 Å². The van der Waals surface area contributed by atoms with Crippen LogP contribution in [0.4, 0.5) is 0 Å². The molecule has 0 atom stereocenters. The molecular formula is C15H26N2O2S. The molecule has 0 saturated heterocycles. The first-order valence-electron chi connectivity index (χ1n) is 7.18. The molecule has 1 aromatic carbocycles. The van der Waals surface area contributed by atoms with Gasteiger partial charge in [0.2, 0.25) is 10.0 Å². The second kappa shape index (κ2) is 8.39. The maximum Gasteiger partial charge on any atom is 0.215 e. The van der Waals surface area contributed by atoms with E-state index in [0.717, 1.165) is 30.4 Å². The van der Waals surface area contributed by atoms with Crippen molar-refractivity contribution in [3.05, 3.63) is 35.4 Å². The van der Waals surface area contributed by atoms with Gasteiger partial charge in [-0.3, -0.25) is 0 Å². The Bertz CT molecular complexity index is 481. The Labute approximate surface area is 122 Å². The second-order valence-corrected chi connectivity index (χ2v) is 7.37. The van der Waals surface area contributed by atoms with E-state index < -0.39 is 10.0 Å². The van der Waals surface area contributed by atoms with Crippen molar-refractivity contribution in [2.75, 3.05) is 6.54 Å². The molecule has 0 spiro atoms. The molecule has 0 fully saturated rings. The van der Waals surface area contributed by atoms with E-state index in [9.17, 15) is 8.42 Å². The smallest absolute Gasteiger partial charge is 0.215 e. The van der Waals surface area contributed by atoms with Crippen LogP contribution in [0.5, 0.6) is 0 Å². The lowest BCUT2D eigenvalue weighted by Crippen LogP contribution is -2.26. The summed E-state index contributed by atoms with van der Waals surface area (Å²) < 4.78 is 26.5. The van der Waals surface area contributed by atoms with Crippen molar-refractivity contribution in [3.63, 3.8) is 0 Å². The van der Waals surface area contributed by atoms with E-state index in [1.165, 1.54) is 0 Å². The number of hydrogen-bond donors (Lipinski definition) is 2. The summed E-state index contributed by atoms with van der Waals surface area (Å²) in [6, 6.07) is 7.38. The zero-order chi connectivity index (χ0) is 15.0. The third kappa shape index (κ3) is 7.03. The summed E-state index contributed by atoms with van der Waals surface area (Å²) in [6.45, 7) is 5.35. The van der Waals surface area contributed by atoms with Gasteiger partial charge < -0.3 is 5.73 Å². The minimum atomic E-state index is -3.24. The molecule has 0 aliphatic heterocycles. The van der Waals surface area contributed by atoms with Gasteiger partial charge in [0.25, 0.3) is 0 Å². The number of nitrogens with one attached hydrogen (secondary N) is 1. The van der Waals surface area contributed by atoms with Gasteiger partial charge in [-0.2, -0.15) is 0 Å². The second-order valence-electron chi connectivity index (χ2n) is 5.56. The van der Waals surface area contributed by atoms with Gasteiger partial charge in [-0.05, 0) is 23.5 Å². The predicted molar refractivity (Wildman–Crippen MR) is 83.6 cm³/mol. The molecule has 0 radical (unpaired) electrons. The van der Waals surface area contributed by atoms with E-state index in [0.29, 0.717) is 19.0 Å². The molecule has 0 unspecified atom stereocenters. The molecule has 0 aliphatic carbocycles. The zero-order valence-corrected chi connectivity index (χ0v) is 13.2. The van der Waals surface area contributed by atoms with Crippen LogP contribution in [0.1, 0.15) is 44.2 Å². The fourth-order valence-electron chi connectivity index (χ4n) is 1.95. The summed E-state index contributed by atoms with van der Waals surface area (Å²) in [5.41, 5.74) is 7.31. The molecule has 0 heterocycles. The highest BCUT2D eigenvalue weighted by atomic mass is 32.2. The number of sulfonamides is 1. The standard InChI is InChI=1S/C15H26N2O2S/c1-13(2)5-3-4-10-17-20(18,19)12-15-8-6-14(11-16)7-9-15/h6-9,13,17H,3-5,10-12,16H2,1-2H3. The molecule has 1 aromatic rings. The Hall–Kier alpha value is -0.910. The minimum absolute atomic E-state index is 0.0298. The van der Waals surface area contributed by atoms with E-state index in [4.69, 9.17) is 5.73 Å². The molecule has 0 amide bonds. The fraction of sp³-hybridized carbons (Fsp3) is 0.600. The van der Waals surface area contributed by atoms with Crippen LogP contribution >= 0.6 is 0 Å². The highest BCUT2D eigenvalue weighted by molar-refractivity contribution is 7.88. The normalized spacial score (nSPS) is 12.0. The average molecular weight is 298 g/mol. The quantitative estimate of drug-likeness (QED) is 0.688. The average Bonchev–Trinajstić information content (AvgIpc) is 2.38. The Kier molecular flexibility index (Phi) is 7.19. The molecule has 5 heteroatoms. The third-order valence-corrected chi connectivity index (χ3v) is 4.50. The van der Waals surface area contributed by atoms with Crippen LogP contribution in [0, 0.1) is 5.92 Å². The Morgan fingerprint density at radius 3 is 2.25 bits per heavy atom. The van der Waals surface area contributed by atoms with Crippen LogP contribution in [0.25, 0.3) is 0 Å². The van der Waals surface area contributed by atoms with Gasteiger partial charge >= 0.3 is 0 Å². The Morgan fingerprint density at radius 1 is 1.10 bits per heavy atom. The first-order chi connectivity index (χ1) is 9.43. The van der Waals surface area contributed by atoms with Crippen molar-refractivity contribution in [2.24, 2.45) is 11.7 Å². The van der Waals surface area contributed by atoms with Crippen molar-refractivity contribution < 1.29 is 8.42 Å². The fourth-order valence-corrected chi connectivity index (χ4v) is 3.14.